The zero-order valence-corrected chi connectivity index (χ0v) is 19.7. The number of nitrogens with one attached hydrogen (secondary N) is 1. The average molecular weight is 501 g/mol. The van der Waals surface area contributed by atoms with Gasteiger partial charge in [0.05, 0.1) is 12.8 Å². The van der Waals surface area contributed by atoms with E-state index in [4.69, 9.17) is 9.73 Å². The summed E-state index contributed by atoms with van der Waals surface area (Å²) in [6.07, 6.45) is 3.88. The summed E-state index contributed by atoms with van der Waals surface area (Å²) in [5.74, 6) is 2.02. The molecule has 6 nitrogen and oxygen atoms in total. The van der Waals surface area contributed by atoms with Gasteiger partial charge in [0.25, 0.3) is 0 Å². The van der Waals surface area contributed by atoms with Crippen molar-refractivity contribution in [2.24, 2.45) is 4.99 Å². The highest BCUT2D eigenvalue weighted by Gasteiger charge is 2.21. The standard InChI is InChI=1S/C21H35N5O.HI/c1-3-22-21(23-11-8-14-24-12-6-7-13-24)26-17-15-25(16-18-26)19-9-4-5-10-20(19)27-2;/h4-5,9-10H,3,6-8,11-18H2,1-2H3,(H,22,23);1H. The van der Waals surface area contributed by atoms with Gasteiger partial charge in [-0.05, 0) is 58.0 Å². The fourth-order valence-electron chi connectivity index (χ4n) is 3.96. The lowest BCUT2D eigenvalue weighted by Crippen LogP contribution is -2.52. The van der Waals surface area contributed by atoms with Gasteiger partial charge in [-0.1, -0.05) is 12.1 Å². The van der Waals surface area contributed by atoms with Crippen LogP contribution in [0.2, 0.25) is 0 Å². The minimum Gasteiger partial charge on any atom is -0.495 e. The van der Waals surface area contributed by atoms with E-state index in [2.05, 4.69) is 39.1 Å². The van der Waals surface area contributed by atoms with E-state index in [1.54, 1.807) is 7.11 Å². The molecule has 2 saturated heterocycles. The number of guanidine groups is 1. The molecule has 0 aromatic heterocycles. The largest absolute Gasteiger partial charge is 0.495 e. The number of ether oxygens (including phenoxy) is 1. The van der Waals surface area contributed by atoms with E-state index in [-0.39, 0.29) is 24.0 Å². The summed E-state index contributed by atoms with van der Waals surface area (Å²) < 4.78 is 5.52. The molecule has 2 fully saturated rings. The maximum Gasteiger partial charge on any atom is 0.194 e. The zero-order chi connectivity index (χ0) is 18.9. The van der Waals surface area contributed by atoms with Gasteiger partial charge in [0.1, 0.15) is 5.75 Å². The van der Waals surface area contributed by atoms with Gasteiger partial charge in [-0.2, -0.15) is 0 Å². The third-order valence-corrected chi connectivity index (χ3v) is 5.43. The Hall–Kier alpha value is -1.22. The molecule has 0 radical (unpaired) electrons. The Morgan fingerprint density at radius 2 is 1.79 bits per heavy atom. The van der Waals surface area contributed by atoms with E-state index >= 15 is 0 Å². The second kappa shape index (κ2) is 12.4. The molecular formula is C21H36IN5O. The van der Waals surface area contributed by atoms with Crippen LogP contribution in [0.5, 0.6) is 5.75 Å². The molecule has 0 saturated carbocycles. The van der Waals surface area contributed by atoms with Crippen LogP contribution in [-0.2, 0) is 0 Å². The normalized spacial score (nSPS) is 18.1. The number of halogens is 1. The number of piperazine rings is 1. The molecule has 2 aliphatic rings. The Kier molecular flexibility index (Phi) is 10.2. The van der Waals surface area contributed by atoms with Gasteiger partial charge in [-0.3, -0.25) is 4.99 Å². The van der Waals surface area contributed by atoms with Crippen molar-refractivity contribution in [1.82, 2.24) is 15.1 Å². The molecule has 7 heteroatoms. The van der Waals surface area contributed by atoms with Gasteiger partial charge >= 0.3 is 0 Å². The lowest BCUT2D eigenvalue weighted by atomic mass is 10.2. The van der Waals surface area contributed by atoms with Crippen molar-refractivity contribution in [1.29, 1.82) is 0 Å². The highest BCUT2D eigenvalue weighted by atomic mass is 127. The SMILES string of the molecule is CCNC(=NCCCN1CCCC1)N1CCN(c2ccccc2OC)CC1.I. The summed E-state index contributed by atoms with van der Waals surface area (Å²) in [6, 6.07) is 8.28. The lowest BCUT2D eigenvalue weighted by molar-refractivity contribution is 0.334. The van der Waals surface area contributed by atoms with Crippen molar-refractivity contribution in [3.8, 4) is 5.75 Å². The monoisotopic (exact) mass is 501 g/mol. The summed E-state index contributed by atoms with van der Waals surface area (Å²) in [7, 11) is 1.74. The quantitative estimate of drug-likeness (QED) is 0.270. The van der Waals surface area contributed by atoms with Crippen LogP contribution >= 0.6 is 24.0 Å². The summed E-state index contributed by atoms with van der Waals surface area (Å²) in [6.45, 7) is 11.6. The fraction of sp³-hybridized carbons (Fsp3) is 0.667. The first-order valence-electron chi connectivity index (χ1n) is 10.5. The van der Waals surface area contributed by atoms with Gasteiger partial charge < -0.3 is 24.8 Å². The molecule has 2 aliphatic heterocycles. The van der Waals surface area contributed by atoms with E-state index in [0.717, 1.165) is 57.4 Å². The molecule has 1 aromatic rings. The Morgan fingerprint density at radius 1 is 1.07 bits per heavy atom. The molecule has 0 amide bonds. The lowest BCUT2D eigenvalue weighted by Gasteiger charge is -2.38. The van der Waals surface area contributed by atoms with Crippen LogP contribution in [-0.4, -0.2) is 81.8 Å². The molecule has 2 heterocycles. The number of hydrogen-bond donors (Lipinski definition) is 1. The second-order valence-electron chi connectivity index (χ2n) is 7.28. The van der Waals surface area contributed by atoms with Gasteiger partial charge in [0.15, 0.2) is 5.96 Å². The third-order valence-electron chi connectivity index (χ3n) is 5.43. The average Bonchev–Trinajstić information content (AvgIpc) is 3.24. The summed E-state index contributed by atoms with van der Waals surface area (Å²) >= 11 is 0. The van der Waals surface area contributed by atoms with Crippen LogP contribution in [0.3, 0.4) is 0 Å². The number of hydrogen-bond acceptors (Lipinski definition) is 4. The molecule has 158 valence electrons. The molecule has 1 aromatic carbocycles. The van der Waals surface area contributed by atoms with Crippen LogP contribution in [0.4, 0.5) is 5.69 Å². The third kappa shape index (κ3) is 6.40. The van der Waals surface area contributed by atoms with Crippen LogP contribution in [0.15, 0.2) is 29.3 Å². The first-order chi connectivity index (χ1) is 13.3. The van der Waals surface area contributed by atoms with Crippen molar-refractivity contribution in [2.75, 3.05) is 70.9 Å². The van der Waals surface area contributed by atoms with Crippen LogP contribution in [0.1, 0.15) is 26.2 Å². The number of likely N-dealkylation sites (tertiary alicyclic amines) is 1. The van der Waals surface area contributed by atoms with Crippen molar-refractivity contribution in [3.63, 3.8) is 0 Å². The van der Waals surface area contributed by atoms with Crippen LogP contribution < -0.4 is 15.0 Å². The predicted octanol–water partition coefficient (Wildman–Crippen LogP) is 2.89. The maximum atomic E-state index is 5.52. The Bertz CT molecular complexity index is 598. The maximum absolute atomic E-state index is 5.52. The Labute approximate surface area is 187 Å². The van der Waals surface area contributed by atoms with Crippen molar-refractivity contribution >= 4 is 35.6 Å². The van der Waals surface area contributed by atoms with Crippen molar-refractivity contribution in [3.05, 3.63) is 24.3 Å². The number of anilines is 1. The first-order valence-corrected chi connectivity index (χ1v) is 10.5. The molecule has 0 bridgehead atoms. The number of para-hydroxylation sites is 2. The minimum absolute atomic E-state index is 0. The fourth-order valence-corrected chi connectivity index (χ4v) is 3.96. The van der Waals surface area contributed by atoms with E-state index in [0.29, 0.717) is 0 Å². The van der Waals surface area contributed by atoms with Gasteiger partial charge in [-0.15, -0.1) is 24.0 Å². The zero-order valence-electron chi connectivity index (χ0n) is 17.4. The number of nitrogens with zero attached hydrogens (tertiary/aromatic N) is 4. The number of rotatable bonds is 7. The molecule has 0 spiro atoms. The van der Waals surface area contributed by atoms with E-state index in [1.165, 1.54) is 38.2 Å². The smallest absolute Gasteiger partial charge is 0.194 e. The van der Waals surface area contributed by atoms with Gasteiger partial charge in [-0.25, -0.2) is 0 Å². The summed E-state index contributed by atoms with van der Waals surface area (Å²) in [4.78, 5) is 12.3. The molecule has 0 aliphatic carbocycles. The molecule has 28 heavy (non-hydrogen) atoms. The van der Waals surface area contributed by atoms with E-state index in [1.807, 2.05) is 12.1 Å². The molecular weight excluding hydrogens is 465 g/mol. The van der Waals surface area contributed by atoms with Crippen molar-refractivity contribution < 1.29 is 4.74 Å². The number of aliphatic imine (C=N–C) groups is 1. The predicted molar refractivity (Wildman–Crippen MR) is 128 cm³/mol. The highest BCUT2D eigenvalue weighted by Crippen LogP contribution is 2.28. The minimum atomic E-state index is 0. The molecule has 1 N–H and O–H groups in total. The van der Waals surface area contributed by atoms with E-state index < -0.39 is 0 Å². The second-order valence-corrected chi connectivity index (χ2v) is 7.28. The molecule has 0 atom stereocenters. The summed E-state index contributed by atoms with van der Waals surface area (Å²) in [5.41, 5.74) is 1.19. The van der Waals surface area contributed by atoms with Crippen LogP contribution in [0.25, 0.3) is 0 Å². The Balaban J connectivity index is 0.00000280. The van der Waals surface area contributed by atoms with Gasteiger partial charge in [0, 0.05) is 39.3 Å². The van der Waals surface area contributed by atoms with E-state index in [9.17, 15) is 0 Å². The summed E-state index contributed by atoms with van der Waals surface area (Å²) in [5, 5.41) is 3.48. The Morgan fingerprint density at radius 3 is 2.46 bits per heavy atom. The molecule has 3 rings (SSSR count). The first kappa shape index (κ1) is 23.1. The highest BCUT2D eigenvalue weighted by molar-refractivity contribution is 14.0. The van der Waals surface area contributed by atoms with Crippen molar-refractivity contribution in [2.45, 2.75) is 26.2 Å². The number of benzene rings is 1. The topological polar surface area (TPSA) is 43.3 Å². The molecule has 0 unspecified atom stereocenters. The number of methoxy groups -OCH3 is 1. The van der Waals surface area contributed by atoms with Crippen LogP contribution in [0, 0.1) is 0 Å². The van der Waals surface area contributed by atoms with Gasteiger partial charge in [0.2, 0.25) is 0 Å².